The van der Waals surface area contributed by atoms with Gasteiger partial charge in [-0.1, -0.05) is 39.3 Å². The number of hydrogen-bond acceptors (Lipinski definition) is 2. The SMILES string of the molecule is CCCc1nnn(C)c1C(C)(C)C. The van der Waals surface area contributed by atoms with E-state index in [2.05, 4.69) is 38.0 Å². The van der Waals surface area contributed by atoms with Crippen LogP contribution >= 0.6 is 0 Å². The highest BCUT2D eigenvalue weighted by atomic mass is 15.4. The Kier molecular flexibility index (Phi) is 2.74. The summed E-state index contributed by atoms with van der Waals surface area (Å²) in [6, 6.07) is 0. The van der Waals surface area contributed by atoms with E-state index >= 15 is 0 Å². The first-order valence-corrected chi connectivity index (χ1v) is 4.86. The maximum absolute atomic E-state index is 4.18. The van der Waals surface area contributed by atoms with Crippen LogP contribution in [-0.2, 0) is 18.9 Å². The van der Waals surface area contributed by atoms with Crippen molar-refractivity contribution in [3.8, 4) is 0 Å². The Morgan fingerprint density at radius 1 is 1.31 bits per heavy atom. The minimum absolute atomic E-state index is 0.142. The molecule has 13 heavy (non-hydrogen) atoms. The van der Waals surface area contributed by atoms with E-state index in [-0.39, 0.29) is 5.41 Å². The van der Waals surface area contributed by atoms with Gasteiger partial charge < -0.3 is 0 Å². The van der Waals surface area contributed by atoms with Crippen molar-refractivity contribution in [2.45, 2.75) is 46.0 Å². The fourth-order valence-corrected chi connectivity index (χ4v) is 1.72. The van der Waals surface area contributed by atoms with Crippen LogP contribution in [0.25, 0.3) is 0 Å². The fraction of sp³-hybridized carbons (Fsp3) is 0.800. The number of rotatable bonds is 2. The summed E-state index contributed by atoms with van der Waals surface area (Å²) < 4.78 is 1.89. The molecule has 0 aliphatic carbocycles. The molecule has 3 nitrogen and oxygen atoms in total. The van der Waals surface area contributed by atoms with Crippen LogP contribution in [0.3, 0.4) is 0 Å². The first kappa shape index (κ1) is 10.2. The summed E-state index contributed by atoms with van der Waals surface area (Å²) in [7, 11) is 1.97. The molecule has 74 valence electrons. The van der Waals surface area contributed by atoms with E-state index in [1.807, 2.05) is 11.7 Å². The van der Waals surface area contributed by atoms with Gasteiger partial charge in [0.25, 0.3) is 0 Å². The van der Waals surface area contributed by atoms with Gasteiger partial charge in [-0.2, -0.15) is 0 Å². The van der Waals surface area contributed by atoms with Gasteiger partial charge in [-0.25, -0.2) is 0 Å². The first-order chi connectivity index (χ1) is 5.96. The van der Waals surface area contributed by atoms with Crippen LogP contribution in [0.15, 0.2) is 0 Å². The zero-order chi connectivity index (χ0) is 10.1. The molecule has 0 aliphatic heterocycles. The summed E-state index contributed by atoms with van der Waals surface area (Å²) in [5.74, 6) is 0. The van der Waals surface area contributed by atoms with Gasteiger partial charge in [0.1, 0.15) is 0 Å². The van der Waals surface area contributed by atoms with Gasteiger partial charge in [-0.3, -0.25) is 4.68 Å². The third kappa shape index (κ3) is 2.08. The molecule has 0 aliphatic rings. The molecule has 0 aromatic carbocycles. The Labute approximate surface area is 80.1 Å². The highest BCUT2D eigenvalue weighted by Crippen LogP contribution is 2.24. The molecule has 0 N–H and O–H groups in total. The van der Waals surface area contributed by atoms with Crippen molar-refractivity contribution < 1.29 is 0 Å². The van der Waals surface area contributed by atoms with Crippen LogP contribution in [0.1, 0.15) is 45.5 Å². The molecular weight excluding hydrogens is 162 g/mol. The van der Waals surface area contributed by atoms with Crippen molar-refractivity contribution in [1.29, 1.82) is 0 Å². The molecule has 1 heterocycles. The molecule has 0 amide bonds. The smallest absolute Gasteiger partial charge is 0.0864 e. The number of aryl methyl sites for hydroxylation is 2. The Morgan fingerprint density at radius 3 is 2.38 bits per heavy atom. The van der Waals surface area contributed by atoms with Gasteiger partial charge in [-0.05, 0) is 6.42 Å². The maximum atomic E-state index is 4.18. The van der Waals surface area contributed by atoms with Crippen LogP contribution in [0.2, 0.25) is 0 Å². The largest absolute Gasteiger partial charge is 0.252 e. The summed E-state index contributed by atoms with van der Waals surface area (Å²) in [6.45, 7) is 8.77. The van der Waals surface area contributed by atoms with E-state index in [9.17, 15) is 0 Å². The third-order valence-electron chi connectivity index (χ3n) is 2.09. The van der Waals surface area contributed by atoms with Crippen molar-refractivity contribution in [2.75, 3.05) is 0 Å². The molecule has 1 rings (SSSR count). The summed E-state index contributed by atoms with van der Waals surface area (Å²) >= 11 is 0. The minimum Gasteiger partial charge on any atom is -0.252 e. The molecule has 0 atom stereocenters. The van der Waals surface area contributed by atoms with Crippen molar-refractivity contribution in [3.63, 3.8) is 0 Å². The second kappa shape index (κ2) is 3.48. The van der Waals surface area contributed by atoms with E-state index in [0.29, 0.717) is 0 Å². The Bertz CT molecular complexity index is 281. The molecule has 0 bridgehead atoms. The predicted molar refractivity (Wildman–Crippen MR) is 53.7 cm³/mol. The fourth-order valence-electron chi connectivity index (χ4n) is 1.72. The molecule has 0 unspecified atom stereocenters. The Morgan fingerprint density at radius 2 is 1.92 bits per heavy atom. The second-order valence-electron chi connectivity index (χ2n) is 4.51. The van der Waals surface area contributed by atoms with E-state index in [4.69, 9.17) is 0 Å². The number of hydrogen-bond donors (Lipinski definition) is 0. The molecule has 0 saturated heterocycles. The summed E-state index contributed by atoms with van der Waals surface area (Å²) in [5, 5.41) is 8.25. The normalized spacial score (nSPS) is 12.1. The Hall–Kier alpha value is -0.860. The predicted octanol–water partition coefficient (Wildman–Crippen LogP) is 2.07. The molecule has 0 saturated carbocycles. The number of nitrogens with zero attached hydrogens (tertiary/aromatic N) is 3. The second-order valence-corrected chi connectivity index (χ2v) is 4.51. The molecule has 0 fully saturated rings. The molecule has 1 aromatic rings. The van der Waals surface area contributed by atoms with Crippen LogP contribution < -0.4 is 0 Å². The van der Waals surface area contributed by atoms with Gasteiger partial charge >= 0.3 is 0 Å². The van der Waals surface area contributed by atoms with Gasteiger partial charge in [0.2, 0.25) is 0 Å². The van der Waals surface area contributed by atoms with Crippen LogP contribution in [0, 0.1) is 0 Å². The molecule has 3 heteroatoms. The maximum Gasteiger partial charge on any atom is 0.0864 e. The van der Waals surface area contributed by atoms with Gasteiger partial charge in [-0.15, -0.1) is 5.10 Å². The number of aromatic nitrogens is 3. The minimum atomic E-state index is 0.142. The van der Waals surface area contributed by atoms with Crippen molar-refractivity contribution >= 4 is 0 Å². The van der Waals surface area contributed by atoms with E-state index in [1.165, 1.54) is 5.69 Å². The summed E-state index contributed by atoms with van der Waals surface area (Å²) in [6.07, 6.45) is 2.15. The van der Waals surface area contributed by atoms with Crippen molar-refractivity contribution in [3.05, 3.63) is 11.4 Å². The van der Waals surface area contributed by atoms with E-state index < -0.39 is 0 Å². The lowest BCUT2D eigenvalue weighted by Crippen LogP contribution is -2.18. The van der Waals surface area contributed by atoms with Gasteiger partial charge in [0.15, 0.2) is 0 Å². The zero-order valence-corrected chi connectivity index (χ0v) is 9.26. The molecular formula is C10H19N3. The first-order valence-electron chi connectivity index (χ1n) is 4.86. The molecule has 1 aromatic heterocycles. The lowest BCUT2D eigenvalue weighted by molar-refractivity contribution is 0.516. The highest BCUT2D eigenvalue weighted by molar-refractivity contribution is 5.18. The lowest BCUT2D eigenvalue weighted by atomic mass is 9.89. The van der Waals surface area contributed by atoms with Crippen LogP contribution in [0.4, 0.5) is 0 Å². The van der Waals surface area contributed by atoms with Gasteiger partial charge in [0.05, 0.1) is 11.4 Å². The van der Waals surface area contributed by atoms with Crippen LogP contribution in [-0.4, -0.2) is 15.0 Å². The lowest BCUT2D eigenvalue weighted by Gasteiger charge is -2.19. The topological polar surface area (TPSA) is 30.7 Å². The monoisotopic (exact) mass is 181 g/mol. The quantitative estimate of drug-likeness (QED) is 0.699. The van der Waals surface area contributed by atoms with E-state index in [0.717, 1.165) is 18.5 Å². The Balaban J connectivity index is 3.09. The zero-order valence-electron chi connectivity index (χ0n) is 9.26. The molecule has 0 spiro atoms. The van der Waals surface area contributed by atoms with Gasteiger partial charge in [0, 0.05) is 12.5 Å². The standard InChI is InChI=1S/C10H19N3/c1-6-7-8-9(10(2,3)4)13(5)12-11-8/h6-7H2,1-5H3. The highest BCUT2D eigenvalue weighted by Gasteiger charge is 2.22. The third-order valence-corrected chi connectivity index (χ3v) is 2.09. The average molecular weight is 181 g/mol. The van der Waals surface area contributed by atoms with Crippen molar-refractivity contribution in [1.82, 2.24) is 15.0 Å². The average Bonchev–Trinajstić information content (AvgIpc) is 2.31. The summed E-state index contributed by atoms with van der Waals surface area (Å²) in [5.41, 5.74) is 2.55. The van der Waals surface area contributed by atoms with Crippen LogP contribution in [0.5, 0.6) is 0 Å². The van der Waals surface area contributed by atoms with Crippen molar-refractivity contribution in [2.24, 2.45) is 7.05 Å². The summed E-state index contributed by atoms with van der Waals surface area (Å²) in [4.78, 5) is 0. The molecule has 0 radical (unpaired) electrons. The van der Waals surface area contributed by atoms with E-state index in [1.54, 1.807) is 0 Å².